The highest BCUT2D eigenvalue weighted by molar-refractivity contribution is 5.85. The number of ether oxygens (including phenoxy) is 2. The lowest BCUT2D eigenvalue weighted by Gasteiger charge is -2.28. The van der Waals surface area contributed by atoms with Gasteiger partial charge in [-0.15, -0.1) is 12.4 Å². The van der Waals surface area contributed by atoms with Crippen molar-refractivity contribution in [1.29, 1.82) is 0 Å². The van der Waals surface area contributed by atoms with Gasteiger partial charge in [-0.25, -0.2) is 0 Å². The predicted molar refractivity (Wildman–Crippen MR) is 97.9 cm³/mol. The van der Waals surface area contributed by atoms with E-state index in [9.17, 15) is 4.79 Å². The number of hydrogen-bond donors (Lipinski definition) is 2. The topological polar surface area (TPSA) is 73.6 Å². The Hall–Kier alpha value is -1.46. The molecule has 1 aromatic carbocycles. The molecule has 0 radical (unpaired) electrons. The van der Waals surface area contributed by atoms with Crippen molar-refractivity contribution in [3.63, 3.8) is 0 Å². The average molecular weight is 357 g/mol. The summed E-state index contributed by atoms with van der Waals surface area (Å²) < 4.78 is 10.6. The first-order valence-electron chi connectivity index (χ1n) is 8.32. The molecule has 1 aliphatic rings. The molecular formula is C18H29ClN2O3. The molecule has 0 saturated heterocycles. The van der Waals surface area contributed by atoms with Crippen molar-refractivity contribution < 1.29 is 14.3 Å². The van der Waals surface area contributed by atoms with Crippen molar-refractivity contribution in [3.8, 4) is 11.5 Å². The zero-order chi connectivity index (χ0) is 16.8. The third-order valence-corrected chi connectivity index (χ3v) is 4.70. The van der Waals surface area contributed by atoms with Crippen LogP contribution in [0.15, 0.2) is 18.2 Å². The maximum absolute atomic E-state index is 12.3. The van der Waals surface area contributed by atoms with Crippen LogP contribution in [-0.4, -0.2) is 26.2 Å². The molecule has 3 atom stereocenters. The molecular weight excluding hydrogens is 328 g/mol. The Kier molecular flexibility index (Phi) is 8.36. The maximum atomic E-state index is 12.3. The summed E-state index contributed by atoms with van der Waals surface area (Å²) in [5.74, 6) is 1.72. The quantitative estimate of drug-likeness (QED) is 0.820. The van der Waals surface area contributed by atoms with Crippen molar-refractivity contribution in [3.05, 3.63) is 23.8 Å². The summed E-state index contributed by atoms with van der Waals surface area (Å²) in [5, 5.41) is 3.06. The Bertz CT molecular complexity index is 539. The molecule has 5 nitrogen and oxygen atoms in total. The standard InChI is InChI=1S/C18H28N2O3.ClH/c1-12(13-8-9-16(22-2)17(10-13)23-3)20-18(21)11-14-6-4-5-7-15(14)19;/h8-10,12,14-15H,4-7,11,19H2,1-3H3,(H,20,21);1H. The minimum Gasteiger partial charge on any atom is -0.493 e. The third-order valence-electron chi connectivity index (χ3n) is 4.70. The number of methoxy groups -OCH3 is 2. The first-order valence-corrected chi connectivity index (χ1v) is 8.32. The summed E-state index contributed by atoms with van der Waals surface area (Å²) in [4.78, 5) is 12.3. The second kappa shape index (κ2) is 9.74. The SMILES string of the molecule is COc1ccc(C(C)NC(=O)CC2CCCCC2N)cc1OC.Cl. The second-order valence-electron chi connectivity index (χ2n) is 6.32. The van der Waals surface area contributed by atoms with Gasteiger partial charge in [-0.3, -0.25) is 4.79 Å². The molecule has 1 amide bonds. The number of halogens is 1. The fourth-order valence-corrected chi connectivity index (χ4v) is 3.23. The van der Waals surface area contributed by atoms with Crippen LogP contribution >= 0.6 is 12.4 Å². The highest BCUT2D eigenvalue weighted by Gasteiger charge is 2.24. The summed E-state index contributed by atoms with van der Waals surface area (Å²) in [6.45, 7) is 1.97. The molecule has 24 heavy (non-hydrogen) atoms. The molecule has 2 rings (SSSR count). The summed E-state index contributed by atoms with van der Waals surface area (Å²) in [6.07, 6.45) is 4.96. The van der Waals surface area contributed by atoms with Gasteiger partial charge < -0.3 is 20.5 Å². The fourth-order valence-electron chi connectivity index (χ4n) is 3.23. The molecule has 3 unspecified atom stereocenters. The molecule has 1 saturated carbocycles. The minimum absolute atomic E-state index is 0. The molecule has 0 spiro atoms. The largest absolute Gasteiger partial charge is 0.493 e. The molecule has 1 aromatic rings. The zero-order valence-corrected chi connectivity index (χ0v) is 15.5. The van der Waals surface area contributed by atoms with Crippen LogP contribution in [-0.2, 0) is 4.79 Å². The predicted octanol–water partition coefficient (Wildman–Crippen LogP) is 3.21. The lowest BCUT2D eigenvalue weighted by Crippen LogP contribution is -2.37. The Labute approximate surface area is 150 Å². The van der Waals surface area contributed by atoms with Crippen molar-refractivity contribution in [2.45, 2.75) is 51.1 Å². The van der Waals surface area contributed by atoms with Gasteiger partial charge in [-0.2, -0.15) is 0 Å². The summed E-state index contributed by atoms with van der Waals surface area (Å²) in [7, 11) is 3.21. The van der Waals surface area contributed by atoms with Gasteiger partial charge in [-0.1, -0.05) is 18.9 Å². The van der Waals surface area contributed by atoms with E-state index in [1.54, 1.807) is 14.2 Å². The van der Waals surface area contributed by atoms with Crippen molar-refractivity contribution in [2.75, 3.05) is 14.2 Å². The maximum Gasteiger partial charge on any atom is 0.220 e. The van der Waals surface area contributed by atoms with Crippen molar-refractivity contribution in [1.82, 2.24) is 5.32 Å². The van der Waals surface area contributed by atoms with Crippen LogP contribution in [0.5, 0.6) is 11.5 Å². The van der Waals surface area contributed by atoms with Crippen molar-refractivity contribution in [2.24, 2.45) is 11.7 Å². The Morgan fingerprint density at radius 3 is 2.54 bits per heavy atom. The number of benzene rings is 1. The third kappa shape index (κ3) is 5.28. The lowest BCUT2D eigenvalue weighted by molar-refractivity contribution is -0.123. The molecule has 1 aliphatic carbocycles. The lowest BCUT2D eigenvalue weighted by atomic mass is 9.83. The van der Waals surface area contributed by atoms with Crippen LogP contribution in [0.25, 0.3) is 0 Å². The van der Waals surface area contributed by atoms with Gasteiger partial charge in [0.15, 0.2) is 11.5 Å². The first kappa shape index (κ1) is 20.6. The van der Waals surface area contributed by atoms with Crippen LogP contribution in [0.3, 0.4) is 0 Å². The van der Waals surface area contributed by atoms with Gasteiger partial charge in [0.05, 0.1) is 20.3 Å². The number of rotatable bonds is 6. The van der Waals surface area contributed by atoms with Crippen LogP contribution in [0.2, 0.25) is 0 Å². The number of nitrogens with one attached hydrogen (secondary N) is 1. The minimum atomic E-state index is -0.0814. The van der Waals surface area contributed by atoms with Gasteiger partial charge in [0.25, 0.3) is 0 Å². The van der Waals surface area contributed by atoms with E-state index in [0.29, 0.717) is 23.8 Å². The number of hydrogen-bond acceptors (Lipinski definition) is 4. The Balaban J connectivity index is 0.00000288. The molecule has 6 heteroatoms. The summed E-state index contributed by atoms with van der Waals surface area (Å²) in [5.41, 5.74) is 7.12. The molecule has 0 bridgehead atoms. The van der Waals surface area contributed by atoms with E-state index in [0.717, 1.165) is 18.4 Å². The molecule has 0 aromatic heterocycles. The molecule has 0 heterocycles. The zero-order valence-electron chi connectivity index (χ0n) is 14.7. The normalized spacial score (nSPS) is 21.3. The van der Waals surface area contributed by atoms with E-state index >= 15 is 0 Å². The van der Waals surface area contributed by atoms with Gasteiger partial charge >= 0.3 is 0 Å². The van der Waals surface area contributed by atoms with Gasteiger partial charge in [-0.05, 0) is 43.4 Å². The average Bonchev–Trinajstić information content (AvgIpc) is 2.56. The van der Waals surface area contributed by atoms with E-state index < -0.39 is 0 Å². The Morgan fingerprint density at radius 1 is 1.25 bits per heavy atom. The van der Waals surface area contributed by atoms with Crippen LogP contribution in [0, 0.1) is 5.92 Å². The first-order chi connectivity index (χ1) is 11.0. The van der Waals surface area contributed by atoms with Gasteiger partial charge in [0.1, 0.15) is 0 Å². The Morgan fingerprint density at radius 2 is 1.92 bits per heavy atom. The summed E-state index contributed by atoms with van der Waals surface area (Å²) >= 11 is 0. The highest BCUT2D eigenvalue weighted by atomic mass is 35.5. The van der Waals surface area contributed by atoms with Crippen LogP contribution in [0.1, 0.15) is 50.6 Å². The van der Waals surface area contributed by atoms with E-state index in [2.05, 4.69) is 5.32 Å². The van der Waals surface area contributed by atoms with E-state index in [1.807, 2.05) is 25.1 Å². The molecule has 0 aliphatic heterocycles. The van der Waals surface area contributed by atoms with E-state index in [4.69, 9.17) is 15.2 Å². The smallest absolute Gasteiger partial charge is 0.220 e. The molecule has 1 fully saturated rings. The van der Waals surface area contributed by atoms with Crippen LogP contribution < -0.4 is 20.5 Å². The fraction of sp³-hybridized carbons (Fsp3) is 0.611. The van der Waals surface area contributed by atoms with Crippen molar-refractivity contribution >= 4 is 18.3 Å². The number of carbonyl (C=O) groups is 1. The number of amides is 1. The van der Waals surface area contributed by atoms with Crippen LogP contribution in [0.4, 0.5) is 0 Å². The number of nitrogens with two attached hydrogens (primary N) is 1. The number of carbonyl (C=O) groups excluding carboxylic acids is 1. The van der Waals surface area contributed by atoms with E-state index in [1.165, 1.54) is 12.8 Å². The highest BCUT2D eigenvalue weighted by Crippen LogP contribution is 2.30. The molecule has 136 valence electrons. The van der Waals surface area contributed by atoms with Gasteiger partial charge in [0.2, 0.25) is 5.91 Å². The van der Waals surface area contributed by atoms with Gasteiger partial charge in [0, 0.05) is 12.5 Å². The summed E-state index contributed by atoms with van der Waals surface area (Å²) in [6, 6.07) is 5.77. The monoisotopic (exact) mass is 356 g/mol. The molecule has 3 N–H and O–H groups in total. The van der Waals surface area contributed by atoms with E-state index in [-0.39, 0.29) is 30.4 Å². The second-order valence-corrected chi connectivity index (χ2v) is 6.32.